The van der Waals surface area contributed by atoms with Crippen LogP contribution >= 0.6 is 11.6 Å². The summed E-state index contributed by atoms with van der Waals surface area (Å²) < 4.78 is 5.07. The second-order valence-electron chi connectivity index (χ2n) is 7.65. The molecule has 0 radical (unpaired) electrons. The Kier molecular flexibility index (Phi) is 7.89. The third-order valence-corrected chi connectivity index (χ3v) is 5.52. The number of piperazine rings is 1. The average molecular weight is 474 g/mol. The fraction of sp³-hybridized carbons (Fsp3) is 0.304. The second-order valence-corrected chi connectivity index (χ2v) is 8.05. The van der Waals surface area contributed by atoms with E-state index in [4.69, 9.17) is 16.3 Å². The van der Waals surface area contributed by atoms with Gasteiger partial charge in [0.2, 0.25) is 17.7 Å². The molecule has 1 heterocycles. The summed E-state index contributed by atoms with van der Waals surface area (Å²) in [6.45, 7) is 0. The van der Waals surface area contributed by atoms with E-state index in [1.54, 1.807) is 18.2 Å². The van der Waals surface area contributed by atoms with Crippen LogP contribution in [0.3, 0.4) is 0 Å². The van der Waals surface area contributed by atoms with Gasteiger partial charge < -0.3 is 25.8 Å². The molecular formula is C23H24ClN3O6. The first-order valence-corrected chi connectivity index (χ1v) is 10.6. The summed E-state index contributed by atoms with van der Waals surface area (Å²) in [5.74, 6) is -2.38. The molecule has 0 spiro atoms. The molecule has 33 heavy (non-hydrogen) atoms. The summed E-state index contributed by atoms with van der Waals surface area (Å²) in [6.07, 6.45) is -0.0845. The number of hydrogen-bond donors (Lipinski definition) is 4. The van der Waals surface area contributed by atoms with E-state index in [1.807, 2.05) is 30.3 Å². The van der Waals surface area contributed by atoms with Gasteiger partial charge in [-0.3, -0.25) is 14.4 Å². The van der Waals surface area contributed by atoms with Gasteiger partial charge in [-0.05, 0) is 23.3 Å². The minimum absolute atomic E-state index is 0.0207. The molecule has 2 aromatic carbocycles. The molecule has 10 heteroatoms. The Hall–Kier alpha value is -3.59. The number of methoxy groups -OCH3 is 1. The molecule has 1 aliphatic heterocycles. The molecule has 1 saturated heterocycles. The molecule has 1 fully saturated rings. The summed E-state index contributed by atoms with van der Waals surface area (Å²) >= 11 is 6.08. The maximum Gasteiger partial charge on any atom is 0.326 e. The van der Waals surface area contributed by atoms with Gasteiger partial charge in [0.1, 0.15) is 23.9 Å². The topological polar surface area (TPSA) is 134 Å². The van der Waals surface area contributed by atoms with Gasteiger partial charge in [0.25, 0.3) is 0 Å². The predicted molar refractivity (Wildman–Crippen MR) is 120 cm³/mol. The van der Waals surface area contributed by atoms with Crippen LogP contribution in [-0.2, 0) is 32.0 Å². The van der Waals surface area contributed by atoms with Crippen LogP contribution in [0.15, 0.2) is 48.5 Å². The molecule has 1 aliphatic rings. The molecular weight excluding hydrogens is 450 g/mol. The van der Waals surface area contributed by atoms with Crippen molar-refractivity contribution >= 4 is 35.3 Å². The van der Waals surface area contributed by atoms with E-state index in [0.29, 0.717) is 22.8 Å². The highest BCUT2D eigenvalue weighted by atomic mass is 35.5. The zero-order valence-electron chi connectivity index (χ0n) is 17.8. The van der Waals surface area contributed by atoms with Crippen molar-refractivity contribution in [3.05, 3.63) is 64.7 Å². The maximum absolute atomic E-state index is 12.5. The largest absolute Gasteiger partial charge is 0.495 e. The van der Waals surface area contributed by atoms with Crippen molar-refractivity contribution in [2.45, 2.75) is 37.4 Å². The van der Waals surface area contributed by atoms with Gasteiger partial charge in [-0.1, -0.05) is 48.0 Å². The number of carbonyl (C=O) groups is 4. The van der Waals surface area contributed by atoms with E-state index < -0.39 is 41.8 Å². The van der Waals surface area contributed by atoms with E-state index >= 15 is 0 Å². The first-order chi connectivity index (χ1) is 15.8. The Balaban J connectivity index is 1.57. The summed E-state index contributed by atoms with van der Waals surface area (Å²) in [7, 11) is 1.46. The smallest absolute Gasteiger partial charge is 0.326 e. The standard InChI is InChI=1S/C23H24ClN3O6/c1-33-19-8-7-14(9-15(19)24)11-18(23(31)32)25-20(28)12-17-22(30)26-16(21(29)27-17)10-13-5-3-2-4-6-13/h2-9,16-18H,10-12H2,1H3,(H,25,28)(H,26,30)(H,27,29)(H,31,32)/t16-,17-,18+/m0/s1. The number of nitrogens with one attached hydrogen (secondary N) is 3. The molecule has 0 bridgehead atoms. The lowest BCUT2D eigenvalue weighted by Gasteiger charge is -2.29. The van der Waals surface area contributed by atoms with Crippen molar-refractivity contribution in [3.8, 4) is 5.75 Å². The van der Waals surface area contributed by atoms with Gasteiger partial charge in [-0.15, -0.1) is 0 Å². The lowest BCUT2D eigenvalue weighted by molar-refractivity contribution is -0.142. The maximum atomic E-state index is 12.5. The summed E-state index contributed by atoms with van der Waals surface area (Å²) in [5.41, 5.74) is 1.47. The Labute approximate surface area is 195 Å². The second kappa shape index (κ2) is 10.8. The zero-order valence-corrected chi connectivity index (χ0v) is 18.6. The number of benzene rings is 2. The number of rotatable bonds is 9. The number of aliphatic carboxylic acids is 1. The Morgan fingerprint density at radius 3 is 2.36 bits per heavy atom. The molecule has 4 N–H and O–H groups in total. The van der Waals surface area contributed by atoms with Crippen molar-refractivity contribution in [2.24, 2.45) is 0 Å². The molecule has 0 aromatic heterocycles. The monoisotopic (exact) mass is 473 g/mol. The number of carboxylic acids is 1. The molecule has 0 unspecified atom stereocenters. The van der Waals surface area contributed by atoms with E-state index in [1.165, 1.54) is 7.11 Å². The SMILES string of the molecule is COc1ccc(C[C@@H](NC(=O)C[C@@H]2NC(=O)[C@H](Cc3ccccc3)NC2=O)C(=O)O)cc1Cl. The average Bonchev–Trinajstić information content (AvgIpc) is 2.77. The van der Waals surface area contributed by atoms with Crippen LogP contribution in [0.25, 0.3) is 0 Å². The number of ether oxygens (including phenoxy) is 1. The molecule has 3 amide bonds. The molecule has 0 saturated carbocycles. The van der Waals surface area contributed by atoms with Crippen LogP contribution in [0.2, 0.25) is 5.02 Å². The fourth-order valence-electron chi connectivity index (χ4n) is 3.52. The number of carbonyl (C=O) groups excluding carboxylic acids is 3. The highest BCUT2D eigenvalue weighted by molar-refractivity contribution is 6.32. The van der Waals surface area contributed by atoms with Crippen LogP contribution in [0, 0.1) is 0 Å². The van der Waals surface area contributed by atoms with Gasteiger partial charge >= 0.3 is 5.97 Å². The van der Waals surface area contributed by atoms with Crippen molar-refractivity contribution < 1.29 is 29.0 Å². The molecule has 0 aliphatic carbocycles. The lowest BCUT2D eigenvalue weighted by Crippen LogP contribution is -2.63. The van der Waals surface area contributed by atoms with Crippen molar-refractivity contribution in [2.75, 3.05) is 7.11 Å². The quantitative estimate of drug-likeness (QED) is 0.430. The van der Waals surface area contributed by atoms with Crippen molar-refractivity contribution in [1.29, 1.82) is 0 Å². The van der Waals surface area contributed by atoms with Crippen LogP contribution in [0.1, 0.15) is 17.5 Å². The van der Waals surface area contributed by atoms with Crippen molar-refractivity contribution in [3.63, 3.8) is 0 Å². The third-order valence-electron chi connectivity index (χ3n) is 5.23. The minimum Gasteiger partial charge on any atom is -0.495 e. The Bertz CT molecular complexity index is 1050. The summed E-state index contributed by atoms with van der Waals surface area (Å²) in [6, 6.07) is 11.0. The summed E-state index contributed by atoms with van der Waals surface area (Å²) in [5, 5.41) is 17.4. The predicted octanol–water partition coefficient (Wildman–Crippen LogP) is 1.08. The van der Waals surface area contributed by atoms with E-state index in [2.05, 4.69) is 16.0 Å². The Morgan fingerprint density at radius 2 is 1.73 bits per heavy atom. The van der Waals surface area contributed by atoms with Crippen LogP contribution in [-0.4, -0.2) is 54.0 Å². The number of halogens is 1. The molecule has 2 aromatic rings. The molecule has 9 nitrogen and oxygen atoms in total. The lowest BCUT2D eigenvalue weighted by atomic mass is 10.0. The Morgan fingerprint density at radius 1 is 1.06 bits per heavy atom. The summed E-state index contributed by atoms with van der Waals surface area (Å²) in [4.78, 5) is 49.0. The van der Waals surface area contributed by atoms with Crippen LogP contribution in [0.5, 0.6) is 5.75 Å². The number of hydrogen-bond acceptors (Lipinski definition) is 5. The van der Waals surface area contributed by atoms with Gasteiger partial charge in [0, 0.05) is 12.8 Å². The fourth-order valence-corrected chi connectivity index (χ4v) is 3.80. The first-order valence-electron chi connectivity index (χ1n) is 10.3. The van der Waals surface area contributed by atoms with Gasteiger partial charge in [-0.25, -0.2) is 4.79 Å². The highest BCUT2D eigenvalue weighted by Crippen LogP contribution is 2.25. The van der Waals surface area contributed by atoms with Gasteiger partial charge in [0.05, 0.1) is 18.6 Å². The van der Waals surface area contributed by atoms with E-state index in [-0.39, 0.29) is 12.8 Å². The van der Waals surface area contributed by atoms with Crippen molar-refractivity contribution in [1.82, 2.24) is 16.0 Å². The number of amides is 3. The van der Waals surface area contributed by atoms with E-state index in [9.17, 15) is 24.3 Å². The normalized spacial score (nSPS) is 18.6. The molecule has 3 rings (SSSR count). The van der Waals surface area contributed by atoms with Crippen LogP contribution in [0.4, 0.5) is 0 Å². The third kappa shape index (κ3) is 6.45. The number of carboxylic acid groups (broad SMARTS) is 1. The zero-order chi connectivity index (χ0) is 24.0. The first kappa shape index (κ1) is 24.1. The molecule has 3 atom stereocenters. The molecule has 174 valence electrons. The highest BCUT2D eigenvalue weighted by Gasteiger charge is 2.35. The van der Waals surface area contributed by atoms with E-state index in [0.717, 1.165) is 5.56 Å². The van der Waals surface area contributed by atoms with Crippen LogP contribution < -0.4 is 20.7 Å². The van der Waals surface area contributed by atoms with Gasteiger partial charge in [-0.2, -0.15) is 0 Å². The van der Waals surface area contributed by atoms with Gasteiger partial charge in [0.15, 0.2) is 0 Å². The minimum atomic E-state index is -1.24.